The van der Waals surface area contributed by atoms with Crippen LogP contribution in [0.2, 0.25) is 0 Å². The number of hydrogen-bond donors (Lipinski definition) is 0. The van der Waals surface area contributed by atoms with Crippen molar-refractivity contribution in [3.05, 3.63) is 109 Å². The molecular weight excluding hydrogens is 997 g/mol. The van der Waals surface area contributed by atoms with Crippen LogP contribution in [0, 0.1) is 0 Å². The fourth-order valence-electron chi connectivity index (χ4n) is 9.70. The summed E-state index contributed by atoms with van der Waals surface area (Å²) < 4.78 is 16.8. The topological polar surface area (TPSA) is 78.9 Å². The lowest BCUT2D eigenvalue weighted by Gasteiger charge is -2.18. The molecule has 6 nitrogen and oxygen atoms in total. The monoisotopic (exact) mass is 1120 g/mol. The maximum atomic E-state index is 12.9. The maximum Gasteiger partial charge on any atom is 0.309 e. The van der Waals surface area contributed by atoms with E-state index in [-0.39, 0.29) is 31.6 Å². The van der Waals surface area contributed by atoms with E-state index in [0.717, 1.165) is 103 Å². The molecule has 464 valence electrons. The van der Waals surface area contributed by atoms with E-state index in [4.69, 9.17) is 14.2 Å². The van der Waals surface area contributed by atoms with Crippen LogP contribution in [-0.2, 0) is 28.6 Å². The molecule has 0 rings (SSSR count). The fraction of sp³-hybridized carbons (Fsp3) is 0.720. The van der Waals surface area contributed by atoms with Gasteiger partial charge in [0, 0.05) is 12.8 Å². The number of rotatable bonds is 62. The highest BCUT2D eigenvalue weighted by atomic mass is 16.6. The van der Waals surface area contributed by atoms with Crippen LogP contribution >= 0.6 is 0 Å². The van der Waals surface area contributed by atoms with Gasteiger partial charge in [-0.25, -0.2) is 0 Å². The minimum atomic E-state index is -0.825. The Balaban J connectivity index is 4.27. The summed E-state index contributed by atoms with van der Waals surface area (Å²) in [6.45, 7) is 6.35. The number of hydrogen-bond acceptors (Lipinski definition) is 6. The van der Waals surface area contributed by atoms with Crippen molar-refractivity contribution < 1.29 is 28.6 Å². The van der Waals surface area contributed by atoms with Crippen LogP contribution < -0.4 is 0 Å². The van der Waals surface area contributed by atoms with Gasteiger partial charge in [0.2, 0.25) is 0 Å². The van der Waals surface area contributed by atoms with E-state index in [1.54, 1.807) is 6.08 Å². The molecule has 0 N–H and O–H groups in total. The first-order valence-electron chi connectivity index (χ1n) is 34.4. The zero-order chi connectivity index (χ0) is 58.5. The lowest BCUT2D eigenvalue weighted by molar-refractivity contribution is -0.166. The average Bonchev–Trinajstić information content (AvgIpc) is 3.47. The van der Waals surface area contributed by atoms with Crippen molar-refractivity contribution in [3.8, 4) is 0 Å². The minimum Gasteiger partial charge on any atom is -0.462 e. The molecule has 0 radical (unpaired) electrons. The Labute approximate surface area is 501 Å². The number of carbonyl (C=O) groups excluding carboxylic acids is 3. The van der Waals surface area contributed by atoms with Crippen LogP contribution in [0.4, 0.5) is 0 Å². The molecule has 0 aliphatic rings. The van der Waals surface area contributed by atoms with Gasteiger partial charge in [0.05, 0.1) is 6.42 Å². The van der Waals surface area contributed by atoms with Crippen molar-refractivity contribution in [2.75, 3.05) is 13.2 Å². The first-order chi connectivity index (χ1) is 40.0. The van der Waals surface area contributed by atoms with E-state index in [2.05, 4.69) is 118 Å². The maximum absolute atomic E-state index is 12.9. The molecule has 0 aliphatic heterocycles. The predicted octanol–water partition coefficient (Wildman–Crippen LogP) is 23.8. The van der Waals surface area contributed by atoms with E-state index in [9.17, 15) is 14.4 Å². The Kier molecular flexibility index (Phi) is 65.2. The second-order valence-corrected chi connectivity index (χ2v) is 22.7. The summed E-state index contributed by atoms with van der Waals surface area (Å²) >= 11 is 0. The summed E-state index contributed by atoms with van der Waals surface area (Å²) in [4.78, 5) is 38.3. The molecule has 0 aromatic heterocycles. The van der Waals surface area contributed by atoms with Crippen LogP contribution in [-0.4, -0.2) is 37.2 Å². The number of esters is 3. The molecule has 6 heteroatoms. The SMILES string of the molecule is CC/C=C\C/C=C\C/C=C\C/C=C\C/C=C\CC(=O)OCC(COC(=O)CCCCCCCCCCCCCCCCCCCCC/C=C\CCCCCCCCCC)OC(=O)CCCCCCCCC/C=C\C/C=C\C/C=C\CC. The van der Waals surface area contributed by atoms with Crippen molar-refractivity contribution in [1.29, 1.82) is 0 Å². The lowest BCUT2D eigenvalue weighted by Crippen LogP contribution is -2.30. The number of allylic oxidation sites excluding steroid dienone is 17. The van der Waals surface area contributed by atoms with Gasteiger partial charge in [0.15, 0.2) is 6.10 Å². The van der Waals surface area contributed by atoms with Crippen molar-refractivity contribution in [2.24, 2.45) is 0 Å². The lowest BCUT2D eigenvalue weighted by atomic mass is 10.0. The minimum absolute atomic E-state index is 0.111. The molecule has 0 fully saturated rings. The van der Waals surface area contributed by atoms with Crippen LogP contribution in [0.1, 0.15) is 329 Å². The molecule has 1 atom stereocenters. The van der Waals surface area contributed by atoms with E-state index >= 15 is 0 Å². The molecule has 81 heavy (non-hydrogen) atoms. The van der Waals surface area contributed by atoms with Crippen molar-refractivity contribution in [3.63, 3.8) is 0 Å². The van der Waals surface area contributed by atoms with E-state index in [1.807, 2.05) is 6.08 Å². The zero-order valence-corrected chi connectivity index (χ0v) is 53.3. The molecule has 0 aromatic carbocycles. The molecule has 0 bridgehead atoms. The molecule has 0 saturated heterocycles. The number of ether oxygens (including phenoxy) is 3. The summed E-state index contributed by atoms with van der Waals surface area (Å²) in [5.74, 6) is -1.05. The quantitative estimate of drug-likeness (QED) is 0.0261. The van der Waals surface area contributed by atoms with Gasteiger partial charge < -0.3 is 14.2 Å². The Morgan fingerprint density at radius 3 is 0.877 bits per heavy atom. The first-order valence-corrected chi connectivity index (χ1v) is 34.4. The number of unbranched alkanes of at least 4 members (excludes halogenated alkanes) is 34. The third-order valence-electron chi connectivity index (χ3n) is 14.8. The molecule has 0 amide bonds. The predicted molar refractivity (Wildman–Crippen MR) is 353 cm³/mol. The van der Waals surface area contributed by atoms with Gasteiger partial charge in [-0.2, -0.15) is 0 Å². The van der Waals surface area contributed by atoms with E-state index in [1.165, 1.54) is 186 Å². The molecule has 0 heterocycles. The van der Waals surface area contributed by atoms with Gasteiger partial charge in [0.25, 0.3) is 0 Å². The summed E-state index contributed by atoms with van der Waals surface area (Å²) in [5.41, 5.74) is 0. The molecule has 0 spiro atoms. The van der Waals surface area contributed by atoms with Gasteiger partial charge in [0.1, 0.15) is 13.2 Å². The Hall–Kier alpha value is -3.93. The van der Waals surface area contributed by atoms with Gasteiger partial charge in [-0.15, -0.1) is 0 Å². The molecule has 0 saturated carbocycles. The highest BCUT2D eigenvalue weighted by Gasteiger charge is 2.19. The standard InChI is InChI=1S/C75H128O6/c1-4-7-10-13-16-19-22-25-28-30-31-32-33-34-35-36-37-38-39-40-41-42-43-45-47-50-53-56-59-62-65-68-74(77)80-71-72(70-79-73(76)67-64-61-58-55-52-49-46-27-24-21-18-15-12-9-6-3)81-75(78)69-66-63-60-57-54-51-48-44-29-26-23-20-17-14-11-8-5-2/h8-9,11-12,17-18,20-21,26-27,29-31,46,52,55,61,64,72H,4-7,10,13-16,19,22-25,28,32-45,47-51,53-54,56-60,62-63,65-71H2,1-3H3/b11-8-,12-9-,20-17-,21-18-,29-26-,31-30-,46-27-,55-52-,64-61-. The highest BCUT2D eigenvalue weighted by Crippen LogP contribution is 2.17. The summed E-state index contributed by atoms with van der Waals surface area (Å²) in [5, 5.41) is 0. The van der Waals surface area contributed by atoms with Gasteiger partial charge >= 0.3 is 17.9 Å². The van der Waals surface area contributed by atoms with Crippen LogP contribution in [0.25, 0.3) is 0 Å². The van der Waals surface area contributed by atoms with E-state index < -0.39 is 12.1 Å². The van der Waals surface area contributed by atoms with Crippen molar-refractivity contribution in [2.45, 2.75) is 335 Å². The fourth-order valence-corrected chi connectivity index (χ4v) is 9.70. The zero-order valence-electron chi connectivity index (χ0n) is 53.3. The van der Waals surface area contributed by atoms with Crippen molar-refractivity contribution >= 4 is 17.9 Å². The molecule has 0 aromatic rings. The van der Waals surface area contributed by atoms with Crippen LogP contribution in [0.15, 0.2) is 109 Å². The highest BCUT2D eigenvalue weighted by molar-refractivity contribution is 5.72. The Morgan fingerprint density at radius 1 is 0.272 bits per heavy atom. The molecule has 1 unspecified atom stereocenters. The Bertz CT molecular complexity index is 1620. The Morgan fingerprint density at radius 2 is 0.531 bits per heavy atom. The normalized spacial score (nSPS) is 12.8. The van der Waals surface area contributed by atoms with Gasteiger partial charge in [-0.1, -0.05) is 316 Å². The first kappa shape index (κ1) is 77.1. The van der Waals surface area contributed by atoms with E-state index in [0.29, 0.717) is 12.8 Å². The summed E-state index contributed by atoms with van der Waals surface area (Å²) in [7, 11) is 0. The van der Waals surface area contributed by atoms with Gasteiger partial charge in [-0.3, -0.25) is 14.4 Å². The largest absolute Gasteiger partial charge is 0.462 e. The molecular formula is C75H128O6. The van der Waals surface area contributed by atoms with Crippen LogP contribution in [0.3, 0.4) is 0 Å². The second kappa shape index (κ2) is 68.6. The van der Waals surface area contributed by atoms with Gasteiger partial charge in [-0.05, 0) is 103 Å². The van der Waals surface area contributed by atoms with Crippen molar-refractivity contribution in [1.82, 2.24) is 0 Å². The average molecular weight is 1130 g/mol. The molecule has 0 aliphatic carbocycles. The summed E-state index contributed by atoms with van der Waals surface area (Å²) in [6, 6.07) is 0. The third-order valence-corrected chi connectivity index (χ3v) is 14.8. The summed E-state index contributed by atoms with van der Waals surface area (Å²) in [6.07, 6.45) is 94.4. The number of carbonyl (C=O) groups is 3. The smallest absolute Gasteiger partial charge is 0.309 e. The second-order valence-electron chi connectivity index (χ2n) is 22.7. The third kappa shape index (κ3) is 66.8. The van der Waals surface area contributed by atoms with Crippen LogP contribution in [0.5, 0.6) is 0 Å².